The molecule has 2 aliphatic rings. The molecule has 0 unspecified atom stereocenters. The highest BCUT2D eigenvalue weighted by atomic mass is 16.6. The van der Waals surface area contributed by atoms with E-state index in [0.717, 1.165) is 25.8 Å². The minimum atomic E-state index is -0.761. The van der Waals surface area contributed by atoms with Gasteiger partial charge in [-0.15, -0.1) is 5.10 Å². The maximum Gasteiger partial charge on any atom is 0.409 e. The first-order valence-corrected chi connectivity index (χ1v) is 11.9. The van der Waals surface area contributed by atoms with Crippen molar-refractivity contribution in [2.45, 2.75) is 64.6 Å². The van der Waals surface area contributed by atoms with Crippen molar-refractivity contribution >= 4 is 12.1 Å². The third-order valence-corrected chi connectivity index (χ3v) is 6.87. The average Bonchev–Trinajstić information content (AvgIpc) is 3.35. The maximum atomic E-state index is 12.4. The van der Waals surface area contributed by atoms with Gasteiger partial charge in [-0.1, -0.05) is 11.6 Å². The second-order valence-corrected chi connectivity index (χ2v) is 9.54. The van der Waals surface area contributed by atoms with E-state index in [1.54, 1.807) is 23.7 Å². The van der Waals surface area contributed by atoms with Crippen molar-refractivity contribution in [1.29, 1.82) is 0 Å². The van der Waals surface area contributed by atoms with Gasteiger partial charge in [0.05, 0.1) is 17.5 Å². The highest BCUT2D eigenvalue weighted by molar-refractivity contribution is 5.68. The van der Waals surface area contributed by atoms with Gasteiger partial charge in [-0.2, -0.15) is 0 Å². The molecule has 34 heavy (non-hydrogen) atoms. The lowest BCUT2D eigenvalue weighted by Gasteiger charge is -2.29. The zero-order chi connectivity index (χ0) is 24.2. The Morgan fingerprint density at radius 1 is 1.21 bits per heavy atom. The lowest BCUT2D eigenvalue weighted by molar-refractivity contribution is -0.138. The topological polar surface area (TPSA) is 120 Å². The van der Waals surface area contributed by atoms with E-state index < -0.39 is 5.97 Å². The SMILES string of the molecule is Cc1nc(-c2nnn(C)c2COC(=O)N(C)CC2CCC2)ccc1O[C@H]1CC[C@H](CC(=O)O)C1. The van der Waals surface area contributed by atoms with E-state index in [1.807, 2.05) is 19.1 Å². The van der Waals surface area contributed by atoms with Gasteiger partial charge in [0.25, 0.3) is 0 Å². The van der Waals surface area contributed by atoms with Gasteiger partial charge in [0.15, 0.2) is 0 Å². The monoisotopic (exact) mass is 471 g/mol. The molecule has 184 valence electrons. The van der Waals surface area contributed by atoms with Crippen molar-refractivity contribution in [1.82, 2.24) is 24.9 Å². The molecule has 0 radical (unpaired) electrons. The summed E-state index contributed by atoms with van der Waals surface area (Å²) < 4.78 is 13.3. The van der Waals surface area contributed by atoms with Crippen LogP contribution in [0.15, 0.2) is 12.1 Å². The van der Waals surface area contributed by atoms with Gasteiger partial charge >= 0.3 is 12.1 Å². The fourth-order valence-corrected chi connectivity index (χ4v) is 4.67. The third-order valence-electron chi connectivity index (χ3n) is 6.87. The van der Waals surface area contributed by atoms with Gasteiger partial charge in [-0.05, 0) is 63.0 Å². The zero-order valence-corrected chi connectivity index (χ0v) is 20.1. The summed E-state index contributed by atoms with van der Waals surface area (Å²) in [5.41, 5.74) is 2.57. The summed E-state index contributed by atoms with van der Waals surface area (Å²) in [5, 5.41) is 17.3. The summed E-state index contributed by atoms with van der Waals surface area (Å²) in [5.74, 6) is 0.655. The van der Waals surface area contributed by atoms with Gasteiger partial charge < -0.3 is 19.5 Å². The van der Waals surface area contributed by atoms with E-state index in [2.05, 4.69) is 15.3 Å². The van der Waals surface area contributed by atoms with Crippen LogP contribution in [0.3, 0.4) is 0 Å². The molecule has 2 fully saturated rings. The number of nitrogens with zero attached hydrogens (tertiary/aromatic N) is 5. The van der Waals surface area contributed by atoms with Crippen LogP contribution in [0.5, 0.6) is 5.75 Å². The number of carbonyl (C=O) groups excluding carboxylic acids is 1. The predicted molar refractivity (Wildman–Crippen MR) is 123 cm³/mol. The number of hydrogen-bond donors (Lipinski definition) is 1. The van der Waals surface area contributed by atoms with Gasteiger partial charge in [-0.25, -0.2) is 14.5 Å². The van der Waals surface area contributed by atoms with E-state index in [-0.39, 0.29) is 31.1 Å². The van der Waals surface area contributed by atoms with Crippen LogP contribution in [0, 0.1) is 18.8 Å². The highest BCUT2D eigenvalue weighted by Gasteiger charge is 2.28. The Labute approximate surface area is 199 Å². The van der Waals surface area contributed by atoms with Gasteiger partial charge in [-0.3, -0.25) is 4.79 Å². The molecule has 2 heterocycles. The van der Waals surface area contributed by atoms with E-state index in [0.29, 0.717) is 34.4 Å². The number of aromatic nitrogens is 4. The van der Waals surface area contributed by atoms with Crippen molar-refractivity contribution < 1.29 is 24.2 Å². The van der Waals surface area contributed by atoms with Crippen LogP contribution >= 0.6 is 0 Å². The Kier molecular flexibility index (Phi) is 7.33. The van der Waals surface area contributed by atoms with Crippen LogP contribution < -0.4 is 4.74 Å². The zero-order valence-electron chi connectivity index (χ0n) is 20.1. The molecule has 2 saturated carbocycles. The number of carbonyl (C=O) groups is 2. The summed E-state index contributed by atoms with van der Waals surface area (Å²) in [6.07, 6.45) is 5.84. The van der Waals surface area contributed by atoms with Crippen LogP contribution in [0.25, 0.3) is 11.4 Å². The average molecular weight is 472 g/mol. The quantitative estimate of drug-likeness (QED) is 0.589. The fourth-order valence-electron chi connectivity index (χ4n) is 4.67. The summed E-state index contributed by atoms with van der Waals surface area (Å²) >= 11 is 0. The maximum absolute atomic E-state index is 12.4. The predicted octanol–water partition coefficient (Wildman–Crippen LogP) is 3.58. The Balaban J connectivity index is 1.38. The summed E-state index contributed by atoms with van der Waals surface area (Å²) in [6, 6.07) is 3.68. The van der Waals surface area contributed by atoms with E-state index in [9.17, 15) is 9.59 Å². The molecular formula is C24H33N5O5. The Bertz CT molecular complexity index is 1030. The number of hydrogen-bond acceptors (Lipinski definition) is 7. The Hall–Kier alpha value is -3.17. The molecule has 10 nitrogen and oxygen atoms in total. The van der Waals surface area contributed by atoms with Crippen molar-refractivity contribution in [3.8, 4) is 17.1 Å². The molecule has 2 aromatic rings. The van der Waals surface area contributed by atoms with E-state index in [4.69, 9.17) is 14.6 Å². The molecule has 2 aromatic heterocycles. The normalized spacial score (nSPS) is 20.1. The third kappa shape index (κ3) is 5.66. The van der Waals surface area contributed by atoms with Crippen molar-refractivity contribution in [3.05, 3.63) is 23.5 Å². The molecule has 1 N–H and O–H groups in total. The molecular weight excluding hydrogens is 438 g/mol. The number of carboxylic acid groups (broad SMARTS) is 1. The lowest BCUT2D eigenvalue weighted by Crippen LogP contribution is -2.34. The van der Waals surface area contributed by atoms with Crippen molar-refractivity contribution in [2.75, 3.05) is 13.6 Å². The second kappa shape index (κ2) is 10.4. The van der Waals surface area contributed by atoms with Gasteiger partial charge in [0.2, 0.25) is 0 Å². The highest BCUT2D eigenvalue weighted by Crippen LogP contribution is 2.33. The van der Waals surface area contributed by atoms with Crippen LogP contribution in [0.2, 0.25) is 0 Å². The molecule has 1 amide bonds. The number of aryl methyl sites for hydroxylation is 2. The van der Waals surface area contributed by atoms with Crippen molar-refractivity contribution in [2.24, 2.45) is 18.9 Å². The van der Waals surface area contributed by atoms with Crippen LogP contribution in [0.4, 0.5) is 4.79 Å². The standard InChI is InChI=1S/C24H33N5O5/c1-15-21(34-18-8-7-17(11-18)12-22(30)31)10-9-19(25-15)23-20(29(3)27-26-23)14-33-24(32)28(2)13-16-5-4-6-16/h9-10,16-18H,4-8,11-14H2,1-3H3,(H,30,31)/t17-,18-/m0/s1. The molecule has 2 atom stereocenters. The molecule has 2 aliphatic carbocycles. The molecule has 0 aliphatic heterocycles. The second-order valence-electron chi connectivity index (χ2n) is 9.54. The van der Waals surface area contributed by atoms with Crippen LogP contribution in [0.1, 0.15) is 56.3 Å². The van der Waals surface area contributed by atoms with Gasteiger partial charge in [0.1, 0.15) is 23.7 Å². The smallest absolute Gasteiger partial charge is 0.409 e. The first-order valence-electron chi connectivity index (χ1n) is 11.9. The van der Waals surface area contributed by atoms with Gasteiger partial charge in [0, 0.05) is 27.1 Å². The number of amides is 1. The molecule has 0 saturated heterocycles. The first kappa shape index (κ1) is 24.0. The molecule has 0 aromatic carbocycles. The summed E-state index contributed by atoms with van der Waals surface area (Å²) in [6.45, 7) is 2.64. The lowest BCUT2D eigenvalue weighted by atomic mass is 9.85. The number of pyridine rings is 1. The number of aliphatic carboxylic acids is 1. The molecule has 10 heteroatoms. The molecule has 0 spiro atoms. The van der Waals surface area contributed by atoms with E-state index in [1.165, 1.54) is 19.3 Å². The van der Waals surface area contributed by atoms with Crippen molar-refractivity contribution in [3.63, 3.8) is 0 Å². The first-order chi connectivity index (χ1) is 16.3. The fraction of sp³-hybridized carbons (Fsp3) is 0.625. The number of ether oxygens (including phenoxy) is 2. The Morgan fingerprint density at radius 2 is 2.00 bits per heavy atom. The number of rotatable bonds is 9. The Morgan fingerprint density at radius 3 is 2.68 bits per heavy atom. The molecule has 4 rings (SSSR count). The minimum absolute atomic E-state index is 0.000819. The minimum Gasteiger partial charge on any atom is -0.489 e. The number of carboxylic acids is 1. The van der Waals surface area contributed by atoms with Crippen LogP contribution in [-0.2, 0) is 23.2 Å². The molecule has 0 bridgehead atoms. The summed E-state index contributed by atoms with van der Waals surface area (Å²) in [4.78, 5) is 29.7. The van der Waals surface area contributed by atoms with E-state index >= 15 is 0 Å². The largest absolute Gasteiger partial charge is 0.489 e. The summed E-state index contributed by atoms with van der Waals surface area (Å²) in [7, 11) is 3.52. The van der Waals surface area contributed by atoms with Crippen LogP contribution in [-0.4, -0.2) is 61.7 Å².